The number of benzene rings is 1. The molecule has 0 saturated carbocycles. The minimum absolute atomic E-state index is 0.146. The van der Waals surface area contributed by atoms with Crippen LogP contribution in [0.15, 0.2) is 54.1 Å². The van der Waals surface area contributed by atoms with Crippen LogP contribution in [-0.2, 0) is 9.53 Å². The Kier molecular flexibility index (Phi) is 5.38. The maximum absolute atomic E-state index is 12.3. The zero-order chi connectivity index (χ0) is 15.2. The van der Waals surface area contributed by atoms with Gasteiger partial charge in [0.15, 0.2) is 0 Å². The first-order valence-corrected chi connectivity index (χ1v) is 7.59. The minimum Gasteiger partial charge on any atom is -0.469 e. The van der Waals surface area contributed by atoms with Crippen LogP contribution in [0.25, 0.3) is 0 Å². The monoisotopic (exact) mass is 284 g/mol. The number of hydrogen-bond donors (Lipinski definition) is 0. The Hall–Kier alpha value is -1.83. The van der Waals surface area contributed by atoms with Crippen molar-refractivity contribution in [2.24, 2.45) is 5.92 Å². The lowest BCUT2D eigenvalue weighted by Crippen LogP contribution is -2.25. The summed E-state index contributed by atoms with van der Waals surface area (Å²) in [5.41, 5.74) is 3.58. The van der Waals surface area contributed by atoms with Crippen molar-refractivity contribution in [2.45, 2.75) is 38.5 Å². The molecule has 0 aliphatic heterocycles. The van der Waals surface area contributed by atoms with Crippen LogP contribution < -0.4 is 0 Å². The lowest BCUT2D eigenvalue weighted by atomic mass is 9.78. The molecule has 2 nitrogen and oxygen atoms in total. The smallest absolute Gasteiger partial charge is 0.313 e. The molecule has 0 bridgehead atoms. The van der Waals surface area contributed by atoms with Crippen LogP contribution in [0.1, 0.15) is 44.1 Å². The summed E-state index contributed by atoms with van der Waals surface area (Å²) in [7, 11) is 1.47. The van der Waals surface area contributed by atoms with Crippen molar-refractivity contribution in [1.29, 1.82) is 0 Å². The molecule has 0 spiro atoms. The fourth-order valence-corrected chi connectivity index (χ4v) is 3.11. The van der Waals surface area contributed by atoms with Gasteiger partial charge in [-0.15, -0.1) is 0 Å². The highest BCUT2D eigenvalue weighted by Gasteiger charge is 2.32. The minimum atomic E-state index is -0.239. The summed E-state index contributed by atoms with van der Waals surface area (Å²) in [5, 5.41) is 0. The molecule has 1 aliphatic carbocycles. The van der Waals surface area contributed by atoms with Crippen LogP contribution in [0.3, 0.4) is 0 Å². The van der Waals surface area contributed by atoms with E-state index in [9.17, 15) is 4.79 Å². The van der Waals surface area contributed by atoms with Gasteiger partial charge < -0.3 is 4.74 Å². The van der Waals surface area contributed by atoms with Crippen LogP contribution in [0.2, 0.25) is 0 Å². The van der Waals surface area contributed by atoms with E-state index in [1.807, 2.05) is 18.2 Å². The highest BCUT2D eigenvalue weighted by Crippen LogP contribution is 2.38. The first-order chi connectivity index (χ1) is 10.1. The Morgan fingerprint density at radius 3 is 2.62 bits per heavy atom. The van der Waals surface area contributed by atoms with Gasteiger partial charge in [-0.05, 0) is 38.2 Å². The van der Waals surface area contributed by atoms with E-state index in [-0.39, 0.29) is 17.8 Å². The van der Waals surface area contributed by atoms with Crippen molar-refractivity contribution < 1.29 is 9.53 Å². The van der Waals surface area contributed by atoms with E-state index in [1.165, 1.54) is 18.2 Å². The molecule has 0 fully saturated rings. The van der Waals surface area contributed by atoms with Crippen LogP contribution in [0.4, 0.5) is 0 Å². The van der Waals surface area contributed by atoms with E-state index in [0.717, 1.165) is 31.3 Å². The molecule has 21 heavy (non-hydrogen) atoms. The Morgan fingerprint density at radius 2 is 1.95 bits per heavy atom. The van der Waals surface area contributed by atoms with Crippen LogP contribution >= 0.6 is 0 Å². The van der Waals surface area contributed by atoms with Gasteiger partial charge in [-0.2, -0.15) is 0 Å². The lowest BCUT2D eigenvalue weighted by molar-refractivity contribution is -0.145. The second-order valence-corrected chi connectivity index (χ2v) is 5.80. The van der Waals surface area contributed by atoms with E-state index in [0.29, 0.717) is 0 Å². The summed E-state index contributed by atoms with van der Waals surface area (Å²) in [6.45, 7) is 6.35. The van der Waals surface area contributed by atoms with E-state index in [1.54, 1.807) is 0 Å². The summed E-state index contributed by atoms with van der Waals surface area (Å²) >= 11 is 0. The molecule has 1 aromatic rings. The normalized spacial score (nSPS) is 23.5. The van der Waals surface area contributed by atoms with Gasteiger partial charge >= 0.3 is 5.97 Å². The van der Waals surface area contributed by atoms with Crippen molar-refractivity contribution in [2.75, 3.05) is 7.11 Å². The third-order valence-corrected chi connectivity index (χ3v) is 4.33. The van der Waals surface area contributed by atoms with Crippen molar-refractivity contribution in [3.8, 4) is 0 Å². The number of carbonyl (C=O) groups excluding carboxylic acids is 1. The summed E-state index contributed by atoms with van der Waals surface area (Å²) in [5.74, 6) is -0.252. The average Bonchev–Trinajstić information content (AvgIpc) is 2.57. The molecular weight excluding hydrogens is 260 g/mol. The Bertz CT molecular complexity index is 528. The number of allylic oxidation sites excluding steroid dienone is 2. The summed E-state index contributed by atoms with van der Waals surface area (Å²) in [4.78, 5) is 12.3. The Balaban J connectivity index is 2.38. The average molecular weight is 284 g/mol. The summed E-state index contributed by atoms with van der Waals surface area (Å²) < 4.78 is 5.06. The first kappa shape index (κ1) is 15.6. The Labute approximate surface area is 127 Å². The van der Waals surface area contributed by atoms with E-state index in [4.69, 9.17) is 4.74 Å². The highest BCUT2D eigenvalue weighted by molar-refractivity contribution is 5.77. The van der Waals surface area contributed by atoms with Crippen LogP contribution in [0.5, 0.6) is 0 Å². The van der Waals surface area contributed by atoms with Gasteiger partial charge in [0.25, 0.3) is 0 Å². The molecule has 2 rings (SSSR count). The van der Waals surface area contributed by atoms with Gasteiger partial charge in [0.2, 0.25) is 0 Å². The third kappa shape index (κ3) is 3.84. The standard InChI is InChI=1S/C19H24O2/c1-14-8-7-9-15(2)18(19(20)21-3)17(13-12-14)16-10-5-4-6-11-16/h4-6,8,10-11,17-18H,2,7,9,12-13H2,1,3H3/t17-,18+/m1/s1. The van der Waals surface area contributed by atoms with E-state index >= 15 is 0 Å². The summed E-state index contributed by atoms with van der Waals surface area (Å²) in [6.07, 6.45) is 6.04. The quantitative estimate of drug-likeness (QED) is 0.584. The van der Waals surface area contributed by atoms with Crippen molar-refractivity contribution in [3.63, 3.8) is 0 Å². The van der Waals surface area contributed by atoms with Crippen molar-refractivity contribution >= 4 is 5.97 Å². The predicted molar refractivity (Wildman–Crippen MR) is 86.1 cm³/mol. The van der Waals surface area contributed by atoms with Gasteiger partial charge in [0.1, 0.15) is 0 Å². The number of esters is 1. The van der Waals surface area contributed by atoms with Crippen molar-refractivity contribution in [3.05, 3.63) is 59.7 Å². The maximum Gasteiger partial charge on any atom is 0.313 e. The molecule has 0 heterocycles. The van der Waals surface area contributed by atoms with E-state index < -0.39 is 0 Å². The SMILES string of the molecule is C=C1CCC=C(C)CC[C@H](c2ccccc2)[C@H]1C(=O)OC. The molecule has 0 aromatic heterocycles. The second kappa shape index (κ2) is 7.26. The van der Waals surface area contributed by atoms with Crippen molar-refractivity contribution in [1.82, 2.24) is 0 Å². The molecule has 1 aromatic carbocycles. The highest BCUT2D eigenvalue weighted by atomic mass is 16.5. The number of methoxy groups -OCH3 is 1. The molecule has 0 unspecified atom stereocenters. The summed E-state index contributed by atoms with van der Waals surface area (Å²) in [6, 6.07) is 10.3. The molecular formula is C19H24O2. The zero-order valence-corrected chi connectivity index (χ0v) is 13.0. The van der Waals surface area contributed by atoms with E-state index in [2.05, 4.69) is 31.7 Å². The van der Waals surface area contributed by atoms with Gasteiger partial charge in [-0.1, -0.05) is 54.1 Å². The van der Waals surface area contributed by atoms with Gasteiger partial charge in [-0.25, -0.2) is 0 Å². The molecule has 0 radical (unpaired) electrons. The fourth-order valence-electron chi connectivity index (χ4n) is 3.11. The predicted octanol–water partition coefficient (Wildman–Crippen LogP) is 4.64. The second-order valence-electron chi connectivity index (χ2n) is 5.80. The lowest BCUT2D eigenvalue weighted by Gasteiger charge is -2.27. The topological polar surface area (TPSA) is 26.3 Å². The maximum atomic E-state index is 12.3. The van der Waals surface area contributed by atoms with Gasteiger partial charge in [0.05, 0.1) is 13.0 Å². The third-order valence-electron chi connectivity index (χ3n) is 4.33. The van der Waals surface area contributed by atoms with Crippen LogP contribution in [-0.4, -0.2) is 13.1 Å². The Morgan fingerprint density at radius 1 is 1.24 bits per heavy atom. The molecule has 0 saturated heterocycles. The first-order valence-electron chi connectivity index (χ1n) is 7.59. The number of carbonyl (C=O) groups is 1. The molecule has 2 atom stereocenters. The number of ether oxygens (including phenoxy) is 1. The largest absolute Gasteiger partial charge is 0.469 e. The number of rotatable bonds is 2. The molecule has 2 heteroatoms. The molecule has 1 aliphatic rings. The number of hydrogen-bond acceptors (Lipinski definition) is 2. The molecule has 0 amide bonds. The zero-order valence-electron chi connectivity index (χ0n) is 13.0. The fraction of sp³-hybridized carbons (Fsp3) is 0.421. The van der Waals surface area contributed by atoms with Crippen LogP contribution in [0, 0.1) is 5.92 Å². The van der Waals surface area contributed by atoms with Gasteiger partial charge in [0, 0.05) is 5.92 Å². The molecule has 112 valence electrons. The van der Waals surface area contributed by atoms with Gasteiger partial charge in [-0.3, -0.25) is 4.79 Å². The molecule has 0 N–H and O–H groups in total.